The summed E-state index contributed by atoms with van der Waals surface area (Å²) >= 11 is -1.23. The highest BCUT2D eigenvalue weighted by Crippen LogP contribution is 2.68. The summed E-state index contributed by atoms with van der Waals surface area (Å²) in [5, 5.41) is 11.9. The van der Waals surface area contributed by atoms with Crippen LogP contribution in [-0.4, -0.2) is 21.0 Å². The molecule has 2 aromatic carbocycles. The number of hydrogen-bond acceptors (Lipinski definition) is 3. The molecule has 0 radical (unpaired) electrons. The van der Waals surface area contributed by atoms with Crippen molar-refractivity contribution >= 4 is 17.0 Å². The number of hydrogen-bond donors (Lipinski definition) is 1. The van der Waals surface area contributed by atoms with Gasteiger partial charge in [0.2, 0.25) is 0 Å². The van der Waals surface area contributed by atoms with Crippen molar-refractivity contribution in [2.24, 2.45) is 40.4 Å². The van der Waals surface area contributed by atoms with Gasteiger partial charge in [-0.2, -0.15) is 0 Å². The second-order valence-corrected chi connectivity index (χ2v) is 15.7. The van der Waals surface area contributed by atoms with E-state index < -0.39 is 16.8 Å². The molecule has 0 bridgehead atoms. The molecule has 4 aliphatic rings. The van der Waals surface area contributed by atoms with Gasteiger partial charge >= 0.3 is 0 Å². The van der Waals surface area contributed by atoms with Crippen LogP contribution in [0.5, 0.6) is 0 Å². The summed E-state index contributed by atoms with van der Waals surface area (Å²) < 4.78 is 13.9. The molecule has 4 saturated carbocycles. The lowest BCUT2D eigenvalue weighted by molar-refractivity contribution is -0.155. The Labute approximate surface area is 238 Å². The standard InChI is InChI=1S/C35H46O3S/c1-24(36)29-16-17-30-28-15-14-26-22-35(37,21-20-33(26,2)31(28)18-19-34(29,30)3)23-32(25-10-6-4-7-11-25)39(38)27-12-8-5-9-13-27/h4-13,26,28-32,37H,14-23H2,1-3H3/t26?,28-,29+,30-,31-,32?,33-,34+,35?,39?/m0/s1. The Bertz CT molecular complexity index is 1170. The average molecular weight is 547 g/mol. The minimum Gasteiger partial charge on any atom is -0.611 e. The zero-order valence-corrected chi connectivity index (χ0v) is 24.8. The number of carbonyl (C=O) groups excluding carboxylic acids is 1. The maximum Gasteiger partial charge on any atom is 0.153 e. The second-order valence-electron chi connectivity index (χ2n) is 14.1. The van der Waals surface area contributed by atoms with Crippen LogP contribution in [-0.2, 0) is 16.0 Å². The first-order chi connectivity index (χ1) is 18.6. The van der Waals surface area contributed by atoms with E-state index in [0.717, 1.165) is 42.1 Å². The van der Waals surface area contributed by atoms with Crippen LogP contribution >= 0.6 is 0 Å². The number of rotatable bonds is 6. The highest BCUT2D eigenvalue weighted by Gasteiger charge is 2.62. The van der Waals surface area contributed by atoms with Crippen molar-refractivity contribution in [2.45, 2.75) is 101 Å². The molecule has 0 saturated heterocycles. The Kier molecular flexibility index (Phi) is 7.30. The predicted octanol–water partition coefficient (Wildman–Crippen LogP) is 7.90. The maximum absolute atomic E-state index is 13.9. The molecular weight excluding hydrogens is 500 g/mol. The average Bonchev–Trinajstić information content (AvgIpc) is 3.30. The first-order valence-electron chi connectivity index (χ1n) is 15.4. The lowest BCUT2D eigenvalue weighted by Crippen LogP contribution is -2.56. The zero-order chi connectivity index (χ0) is 27.4. The van der Waals surface area contributed by atoms with E-state index in [1.807, 2.05) is 55.5 Å². The van der Waals surface area contributed by atoms with Gasteiger partial charge in [0.05, 0.1) is 5.60 Å². The molecule has 4 fully saturated rings. The number of benzene rings is 2. The zero-order valence-electron chi connectivity index (χ0n) is 24.0. The topological polar surface area (TPSA) is 60.4 Å². The molecule has 0 aliphatic heterocycles. The third-order valence-electron chi connectivity index (χ3n) is 12.3. The Balaban J connectivity index is 1.22. The molecule has 210 valence electrons. The van der Waals surface area contributed by atoms with E-state index >= 15 is 0 Å². The van der Waals surface area contributed by atoms with Crippen LogP contribution < -0.4 is 0 Å². The monoisotopic (exact) mass is 546 g/mol. The summed E-state index contributed by atoms with van der Waals surface area (Å²) in [6.07, 6.45) is 10.3. The van der Waals surface area contributed by atoms with E-state index in [2.05, 4.69) is 26.0 Å². The molecule has 6 rings (SSSR count). The summed E-state index contributed by atoms with van der Waals surface area (Å²) in [6.45, 7) is 6.78. The van der Waals surface area contributed by atoms with Crippen LogP contribution in [0.4, 0.5) is 0 Å². The van der Waals surface area contributed by atoms with E-state index in [4.69, 9.17) is 0 Å². The van der Waals surface area contributed by atoms with Crippen molar-refractivity contribution in [1.29, 1.82) is 0 Å². The first-order valence-corrected chi connectivity index (χ1v) is 16.6. The van der Waals surface area contributed by atoms with E-state index in [-0.39, 0.29) is 22.0 Å². The van der Waals surface area contributed by atoms with Crippen LogP contribution in [0.25, 0.3) is 0 Å². The van der Waals surface area contributed by atoms with E-state index in [1.54, 1.807) is 0 Å². The highest BCUT2D eigenvalue weighted by molar-refractivity contribution is 7.91. The minimum atomic E-state index is -1.23. The predicted molar refractivity (Wildman–Crippen MR) is 157 cm³/mol. The molecule has 39 heavy (non-hydrogen) atoms. The summed E-state index contributed by atoms with van der Waals surface area (Å²) in [7, 11) is 0. The number of fused-ring (bicyclic) bond motifs is 5. The lowest BCUT2D eigenvalue weighted by atomic mass is 9.43. The van der Waals surface area contributed by atoms with Crippen LogP contribution in [0.15, 0.2) is 65.6 Å². The number of carbonyl (C=O) groups is 1. The lowest BCUT2D eigenvalue weighted by Gasteiger charge is -2.62. The molecule has 4 heteroatoms. The van der Waals surface area contributed by atoms with Gasteiger partial charge < -0.3 is 9.66 Å². The van der Waals surface area contributed by atoms with E-state index in [0.29, 0.717) is 30.0 Å². The summed E-state index contributed by atoms with van der Waals surface area (Å²) in [5.74, 6) is 3.27. The summed E-state index contributed by atoms with van der Waals surface area (Å²) in [4.78, 5) is 13.3. The molecule has 0 aromatic heterocycles. The molecule has 4 unspecified atom stereocenters. The fraction of sp³-hybridized carbons (Fsp3) is 0.629. The molecule has 0 heterocycles. The van der Waals surface area contributed by atoms with Gasteiger partial charge in [-0.25, -0.2) is 0 Å². The van der Waals surface area contributed by atoms with Crippen molar-refractivity contribution in [3.63, 3.8) is 0 Å². The highest BCUT2D eigenvalue weighted by atomic mass is 32.2. The number of ketones is 1. The Morgan fingerprint density at radius 3 is 2.26 bits per heavy atom. The molecule has 4 aliphatic carbocycles. The summed E-state index contributed by atoms with van der Waals surface area (Å²) in [5.41, 5.74) is 0.706. The first kappa shape index (κ1) is 27.5. The Morgan fingerprint density at radius 1 is 0.897 bits per heavy atom. The quantitative estimate of drug-likeness (QED) is 0.375. The number of Topliss-reactive ketones (excluding diaryl/α,β-unsaturated/α-hetero) is 1. The third kappa shape index (κ3) is 4.73. The van der Waals surface area contributed by atoms with Gasteiger partial charge in [0, 0.05) is 17.9 Å². The van der Waals surface area contributed by atoms with Gasteiger partial charge in [-0.1, -0.05) is 62.4 Å². The van der Waals surface area contributed by atoms with Crippen molar-refractivity contribution in [3.05, 3.63) is 66.2 Å². The Hall–Kier alpha value is -1.62. The van der Waals surface area contributed by atoms with Gasteiger partial charge in [0.1, 0.15) is 11.0 Å². The molecule has 1 N–H and O–H groups in total. The van der Waals surface area contributed by atoms with Crippen LogP contribution in [0.2, 0.25) is 0 Å². The van der Waals surface area contributed by atoms with E-state index in [1.165, 1.54) is 32.1 Å². The van der Waals surface area contributed by atoms with E-state index in [9.17, 15) is 14.5 Å². The second kappa shape index (κ2) is 10.3. The van der Waals surface area contributed by atoms with Crippen molar-refractivity contribution < 1.29 is 14.5 Å². The molecule has 2 aromatic rings. The fourth-order valence-electron chi connectivity index (χ4n) is 10.2. The molecule has 0 spiro atoms. The SMILES string of the molecule is CC(=O)[C@H]1CC[C@H]2[C@@H]3CCC4CC(O)(CC(c5ccccc5)[S+]([O-])c5ccccc5)CC[C@]4(C)[C@H]3CC[C@]12C. The van der Waals surface area contributed by atoms with Gasteiger partial charge in [-0.15, -0.1) is 0 Å². The molecule has 3 nitrogen and oxygen atoms in total. The minimum absolute atomic E-state index is 0.190. The normalized spacial score (nSPS) is 41.1. The fourth-order valence-corrected chi connectivity index (χ4v) is 11.8. The van der Waals surface area contributed by atoms with Crippen LogP contribution in [0.3, 0.4) is 0 Å². The van der Waals surface area contributed by atoms with Crippen molar-refractivity contribution in [1.82, 2.24) is 0 Å². The third-order valence-corrected chi connectivity index (χ3v) is 14.0. The van der Waals surface area contributed by atoms with Crippen molar-refractivity contribution in [2.75, 3.05) is 0 Å². The molecular formula is C35H46O3S. The number of aliphatic hydroxyl groups is 1. The van der Waals surface area contributed by atoms with Gasteiger partial charge in [-0.05, 0) is 123 Å². The van der Waals surface area contributed by atoms with Gasteiger partial charge in [0.25, 0.3) is 0 Å². The van der Waals surface area contributed by atoms with Crippen molar-refractivity contribution in [3.8, 4) is 0 Å². The summed E-state index contributed by atoms with van der Waals surface area (Å²) in [6, 6.07) is 19.9. The molecule has 0 amide bonds. The van der Waals surface area contributed by atoms with Gasteiger partial charge in [0.15, 0.2) is 4.90 Å². The van der Waals surface area contributed by atoms with Gasteiger partial charge in [-0.3, -0.25) is 4.79 Å². The van der Waals surface area contributed by atoms with Crippen LogP contribution in [0.1, 0.15) is 95.8 Å². The smallest absolute Gasteiger partial charge is 0.153 e. The molecule has 10 atom stereocenters. The Morgan fingerprint density at radius 2 is 1.56 bits per heavy atom. The maximum atomic E-state index is 13.9. The van der Waals surface area contributed by atoms with Crippen LogP contribution in [0, 0.1) is 40.4 Å². The largest absolute Gasteiger partial charge is 0.611 e.